The molecule has 0 aliphatic rings. The van der Waals surface area contributed by atoms with E-state index in [0.29, 0.717) is 12.1 Å². The Morgan fingerprint density at radius 3 is 2.23 bits per heavy atom. The van der Waals surface area contributed by atoms with Crippen LogP contribution in [0.15, 0.2) is 102 Å². The maximum Gasteiger partial charge on any atom is 0.229 e. The van der Waals surface area contributed by atoms with E-state index in [2.05, 4.69) is 4.98 Å². The van der Waals surface area contributed by atoms with Crippen molar-refractivity contribution in [3.05, 3.63) is 108 Å². The molecule has 0 amide bonds. The molecular formula is C25H20N2O2S. The monoisotopic (exact) mass is 412 g/mol. The third kappa shape index (κ3) is 3.48. The molecule has 5 rings (SSSR count). The van der Waals surface area contributed by atoms with Crippen LogP contribution in [0.5, 0.6) is 0 Å². The molecule has 0 aliphatic heterocycles. The van der Waals surface area contributed by atoms with Gasteiger partial charge < -0.3 is 4.57 Å². The zero-order valence-corrected chi connectivity index (χ0v) is 17.1. The highest BCUT2D eigenvalue weighted by Crippen LogP contribution is 2.25. The number of aromatic nitrogens is 2. The third-order valence-corrected chi connectivity index (χ3v) is 6.83. The standard InChI is InChI=1S/C25H20N2O2S/c28-30(29,18-20-14-15-21-10-4-5-11-22(21)16-20)25-26-23-12-6-7-13-24(23)27(25)17-19-8-2-1-3-9-19/h1-16H,17-18H2. The number of para-hydroxylation sites is 2. The highest BCUT2D eigenvalue weighted by atomic mass is 32.2. The number of fused-ring (bicyclic) bond motifs is 2. The molecule has 1 heterocycles. The molecule has 0 N–H and O–H groups in total. The number of rotatable bonds is 5. The van der Waals surface area contributed by atoms with Crippen molar-refractivity contribution in [2.75, 3.05) is 0 Å². The second-order valence-corrected chi connectivity index (χ2v) is 9.28. The number of hydrogen-bond donors (Lipinski definition) is 0. The minimum absolute atomic E-state index is 0.0874. The molecule has 30 heavy (non-hydrogen) atoms. The molecule has 5 aromatic rings. The van der Waals surface area contributed by atoms with E-state index >= 15 is 0 Å². The van der Waals surface area contributed by atoms with Crippen LogP contribution >= 0.6 is 0 Å². The Bertz CT molecular complexity index is 1450. The maximum absolute atomic E-state index is 13.4. The number of benzene rings is 4. The van der Waals surface area contributed by atoms with Gasteiger partial charge in [0.15, 0.2) is 0 Å². The minimum Gasteiger partial charge on any atom is -0.310 e. The van der Waals surface area contributed by atoms with E-state index in [0.717, 1.165) is 27.4 Å². The van der Waals surface area contributed by atoms with Crippen molar-refractivity contribution >= 4 is 31.6 Å². The zero-order chi connectivity index (χ0) is 20.6. The second-order valence-electron chi connectivity index (χ2n) is 7.40. The first kappa shape index (κ1) is 18.6. The molecular weight excluding hydrogens is 392 g/mol. The van der Waals surface area contributed by atoms with Crippen LogP contribution in [-0.4, -0.2) is 18.0 Å². The quantitative estimate of drug-likeness (QED) is 0.398. The first-order valence-electron chi connectivity index (χ1n) is 9.80. The van der Waals surface area contributed by atoms with Crippen LogP contribution in [-0.2, 0) is 22.1 Å². The van der Waals surface area contributed by atoms with Crippen molar-refractivity contribution in [3.63, 3.8) is 0 Å². The highest BCUT2D eigenvalue weighted by Gasteiger charge is 2.24. The lowest BCUT2D eigenvalue weighted by Crippen LogP contribution is -2.14. The van der Waals surface area contributed by atoms with Crippen molar-refractivity contribution in [1.29, 1.82) is 0 Å². The Labute approximate surface area is 175 Å². The van der Waals surface area contributed by atoms with Crippen molar-refractivity contribution in [2.45, 2.75) is 17.5 Å². The summed E-state index contributed by atoms with van der Waals surface area (Å²) in [6.45, 7) is 0.452. The summed E-state index contributed by atoms with van der Waals surface area (Å²) in [7, 11) is -3.64. The van der Waals surface area contributed by atoms with Gasteiger partial charge >= 0.3 is 0 Å². The van der Waals surface area contributed by atoms with Gasteiger partial charge in [-0.05, 0) is 34.0 Å². The fourth-order valence-electron chi connectivity index (χ4n) is 3.82. The van der Waals surface area contributed by atoms with E-state index in [-0.39, 0.29) is 10.9 Å². The molecule has 0 aliphatic carbocycles. The molecule has 0 saturated carbocycles. The molecule has 0 spiro atoms. The van der Waals surface area contributed by atoms with E-state index < -0.39 is 9.84 Å². The van der Waals surface area contributed by atoms with Gasteiger partial charge in [0, 0.05) is 0 Å². The van der Waals surface area contributed by atoms with Gasteiger partial charge in [0.25, 0.3) is 0 Å². The molecule has 0 saturated heterocycles. The molecule has 0 unspecified atom stereocenters. The number of hydrogen-bond acceptors (Lipinski definition) is 3. The normalized spacial score (nSPS) is 11.9. The number of nitrogens with zero attached hydrogens (tertiary/aromatic N) is 2. The second kappa shape index (κ2) is 7.43. The van der Waals surface area contributed by atoms with Gasteiger partial charge in [-0.25, -0.2) is 13.4 Å². The van der Waals surface area contributed by atoms with Crippen LogP contribution in [0.3, 0.4) is 0 Å². The molecule has 4 aromatic carbocycles. The lowest BCUT2D eigenvalue weighted by molar-refractivity contribution is 0.574. The van der Waals surface area contributed by atoms with Crippen LogP contribution in [0.25, 0.3) is 21.8 Å². The summed E-state index contributed by atoms with van der Waals surface area (Å²) in [6, 6.07) is 31.1. The summed E-state index contributed by atoms with van der Waals surface area (Å²) in [5.74, 6) is -0.0874. The molecule has 0 fully saturated rings. The summed E-state index contributed by atoms with van der Waals surface area (Å²) >= 11 is 0. The summed E-state index contributed by atoms with van der Waals surface area (Å²) < 4.78 is 28.7. The summed E-state index contributed by atoms with van der Waals surface area (Å²) in [6.07, 6.45) is 0. The fourth-order valence-corrected chi connectivity index (χ4v) is 5.31. The lowest BCUT2D eigenvalue weighted by atomic mass is 10.1. The Morgan fingerprint density at radius 1 is 0.700 bits per heavy atom. The Morgan fingerprint density at radius 2 is 1.40 bits per heavy atom. The zero-order valence-electron chi connectivity index (χ0n) is 16.3. The Kier molecular flexibility index (Phi) is 4.60. The first-order valence-corrected chi connectivity index (χ1v) is 11.4. The molecule has 1 aromatic heterocycles. The van der Waals surface area contributed by atoms with Crippen LogP contribution in [0.2, 0.25) is 0 Å². The van der Waals surface area contributed by atoms with Gasteiger partial charge in [0.05, 0.1) is 23.3 Å². The van der Waals surface area contributed by atoms with Crippen molar-refractivity contribution in [3.8, 4) is 0 Å². The lowest BCUT2D eigenvalue weighted by Gasteiger charge is -2.11. The van der Waals surface area contributed by atoms with Crippen LogP contribution in [0.1, 0.15) is 11.1 Å². The molecule has 5 heteroatoms. The molecule has 0 bridgehead atoms. The average molecular weight is 413 g/mol. The van der Waals surface area contributed by atoms with Gasteiger partial charge in [0.1, 0.15) is 0 Å². The largest absolute Gasteiger partial charge is 0.310 e. The van der Waals surface area contributed by atoms with Crippen molar-refractivity contribution in [1.82, 2.24) is 9.55 Å². The maximum atomic E-state index is 13.4. The predicted octanol–water partition coefficient (Wildman–Crippen LogP) is 5.21. The van der Waals surface area contributed by atoms with E-state index in [9.17, 15) is 8.42 Å². The van der Waals surface area contributed by atoms with Crippen LogP contribution in [0, 0.1) is 0 Å². The fraction of sp³-hybridized carbons (Fsp3) is 0.0800. The van der Waals surface area contributed by atoms with E-state index in [1.54, 1.807) is 4.57 Å². The summed E-state index contributed by atoms with van der Waals surface area (Å²) in [5.41, 5.74) is 3.29. The van der Waals surface area contributed by atoms with Crippen molar-refractivity contribution < 1.29 is 8.42 Å². The predicted molar refractivity (Wildman–Crippen MR) is 120 cm³/mol. The molecule has 0 radical (unpaired) electrons. The summed E-state index contributed by atoms with van der Waals surface area (Å²) in [4.78, 5) is 4.51. The SMILES string of the molecule is O=S(=O)(Cc1ccc2ccccc2c1)c1nc2ccccc2n1Cc1ccccc1. The Balaban J connectivity index is 1.59. The molecule has 148 valence electrons. The first-order chi connectivity index (χ1) is 14.6. The van der Waals surface area contributed by atoms with Gasteiger partial charge in [-0.15, -0.1) is 0 Å². The number of imidazole rings is 1. The van der Waals surface area contributed by atoms with E-state index in [1.807, 2.05) is 97.1 Å². The highest BCUT2D eigenvalue weighted by molar-refractivity contribution is 7.90. The third-order valence-electron chi connectivity index (χ3n) is 5.25. The van der Waals surface area contributed by atoms with E-state index in [1.165, 1.54) is 0 Å². The van der Waals surface area contributed by atoms with Crippen LogP contribution < -0.4 is 0 Å². The van der Waals surface area contributed by atoms with Crippen LogP contribution in [0.4, 0.5) is 0 Å². The smallest absolute Gasteiger partial charge is 0.229 e. The van der Waals surface area contributed by atoms with E-state index in [4.69, 9.17) is 0 Å². The minimum atomic E-state index is -3.64. The Hall–Kier alpha value is -3.44. The molecule has 0 atom stereocenters. The summed E-state index contributed by atoms with van der Waals surface area (Å²) in [5, 5.41) is 2.23. The average Bonchev–Trinajstić information content (AvgIpc) is 3.14. The number of sulfone groups is 1. The van der Waals surface area contributed by atoms with Gasteiger partial charge in [0.2, 0.25) is 15.0 Å². The van der Waals surface area contributed by atoms with Gasteiger partial charge in [-0.3, -0.25) is 0 Å². The topological polar surface area (TPSA) is 52.0 Å². The van der Waals surface area contributed by atoms with Gasteiger partial charge in [-0.1, -0.05) is 84.9 Å². The molecule has 4 nitrogen and oxygen atoms in total. The van der Waals surface area contributed by atoms with Gasteiger partial charge in [-0.2, -0.15) is 0 Å². The van der Waals surface area contributed by atoms with Crippen molar-refractivity contribution in [2.24, 2.45) is 0 Å².